The van der Waals surface area contributed by atoms with Crippen LogP contribution in [0.3, 0.4) is 0 Å². The van der Waals surface area contributed by atoms with E-state index in [1.165, 1.54) is 4.90 Å². The Morgan fingerprint density at radius 3 is 1.74 bits per heavy atom. The minimum atomic E-state index is -1.27. The highest BCUT2D eigenvalue weighted by molar-refractivity contribution is 5.78. The summed E-state index contributed by atoms with van der Waals surface area (Å²) in [6.07, 6.45) is -1.27. The molecule has 0 bridgehead atoms. The summed E-state index contributed by atoms with van der Waals surface area (Å²) in [5.74, 6) is -1.29. The van der Waals surface area contributed by atoms with Gasteiger partial charge in [0, 0.05) is 0 Å². The Balaban J connectivity index is 5.40. The van der Waals surface area contributed by atoms with Gasteiger partial charge in [0.1, 0.15) is 17.2 Å². The fourth-order valence-corrected chi connectivity index (χ4v) is 2.20. The number of aliphatic hydroxyl groups excluding tert-OH is 2. The van der Waals surface area contributed by atoms with E-state index in [1.54, 1.807) is 62.3 Å². The van der Waals surface area contributed by atoms with Gasteiger partial charge in [-0.25, -0.2) is 0 Å². The lowest BCUT2D eigenvalue weighted by Crippen LogP contribution is -2.52. The minimum Gasteiger partial charge on any atom is -0.459 e. The van der Waals surface area contributed by atoms with Gasteiger partial charge in [0.15, 0.2) is 6.29 Å². The molecule has 160 valence electrons. The summed E-state index contributed by atoms with van der Waals surface area (Å²) in [6.45, 7) is 14.5. The van der Waals surface area contributed by atoms with Crippen LogP contribution in [0.4, 0.5) is 0 Å². The van der Waals surface area contributed by atoms with Crippen molar-refractivity contribution in [3.05, 3.63) is 0 Å². The van der Waals surface area contributed by atoms with Crippen LogP contribution < -0.4 is 0 Å². The van der Waals surface area contributed by atoms with E-state index >= 15 is 0 Å². The molecule has 0 spiro atoms. The average Bonchev–Trinajstić information content (AvgIpc) is 2.31. The van der Waals surface area contributed by atoms with Gasteiger partial charge in [0.2, 0.25) is 0 Å². The van der Waals surface area contributed by atoms with Crippen molar-refractivity contribution in [2.24, 2.45) is 0 Å². The highest BCUT2D eigenvalue weighted by atomic mass is 16.6. The van der Waals surface area contributed by atoms with Crippen LogP contribution in [0.25, 0.3) is 0 Å². The van der Waals surface area contributed by atoms with Gasteiger partial charge in [0.25, 0.3) is 0 Å². The van der Waals surface area contributed by atoms with Gasteiger partial charge in [-0.3, -0.25) is 14.5 Å². The molecule has 0 saturated carbocycles. The first-order chi connectivity index (χ1) is 11.9. The van der Waals surface area contributed by atoms with Crippen LogP contribution in [0.1, 0.15) is 62.3 Å². The average molecular weight is 392 g/mol. The number of carbonyl (C=O) groups is 2. The second kappa shape index (κ2) is 9.82. The summed E-state index contributed by atoms with van der Waals surface area (Å²) >= 11 is 0. The van der Waals surface area contributed by atoms with Crippen molar-refractivity contribution >= 4 is 11.9 Å². The quantitative estimate of drug-likeness (QED) is 0.473. The zero-order valence-electron chi connectivity index (χ0n) is 18.2. The molecule has 2 atom stereocenters. The van der Waals surface area contributed by atoms with E-state index in [9.17, 15) is 19.8 Å². The zero-order valence-corrected chi connectivity index (χ0v) is 18.2. The summed E-state index contributed by atoms with van der Waals surface area (Å²) in [4.78, 5) is 26.0. The molecule has 0 aliphatic rings. The molecule has 2 N–H and O–H groups in total. The lowest BCUT2D eigenvalue weighted by Gasteiger charge is -2.34. The third kappa shape index (κ3) is 12.7. The molecule has 0 aliphatic heterocycles. The monoisotopic (exact) mass is 391 g/mol. The largest absolute Gasteiger partial charge is 0.459 e. The number of hydrogen-bond donors (Lipinski definition) is 2. The molecule has 0 saturated heterocycles. The van der Waals surface area contributed by atoms with Gasteiger partial charge in [-0.2, -0.15) is 0 Å². The molecule has 0 aromatic carbocycles. The van der Waals surface area contributed by atoms with E-state index < -0.39 is 47.7 Å². The van der Waals surface area contributed by atoms with Crippen molar-refractivity contribution in [3.63, 3.8) is 0 Å². The Bertz CT molecular complexity index is 486. The second-order valence-corrected chi connectivity index (χ2v) is 9.43. The fraction of sp³-hybridized carbons (Fsp3) is 0.895. The topological polar surface area (TPSA) is 106 Å². The van der Waals surface area contributed by atoms with Gasteiger partial charge >= 0.3 is 11.9 Å². The Morgan fingerprint density at radius 1 is 0.889 bits per heavy atom. The first-order valence-electron chi connectivity index (χ1n) is 9.09. The van der Waals surface area contributed by atoms with E-state index in [2.05, 4.69) is 0 Å². The number of carbonyl (C=O) groups excluding carboxylic acids is 2. The summed E-state index contributed by atoms with van der Waals surface area (Å²) < 4.78 is 16.1. The molecule has 8 heteroatoms. The van der Waals surface area contributed by atoms with Crippen molar-refractivity contribution in [3.8, 4) is 0 Å². The molecule has 0 radical (unpaired) electrons. The first kappa shape index (κ1) is 25.8. The summed E-state index contributed by atoms with van der Waals surface area (Å²) in [5, 5.41) is 19.9. The van der Waals surface area contributed by atoms with Crippen LogP contribution in [0.2, 0.25) is 0 Å². The maximum atomic E-state index is 12.5. The predicted octanol–water partition coefficient (Wildman–Crippen LogP) is 1.47. The van der Waals surface area contributed by atoms with Gasteiger partial charge in [-0.15, -0.1) is 0 Å². The lowest BCUT2D eigenvalue weighted by atomic mass is 10.1. The van der Waals surface area contributed by atoms with Crippen LogP contribution >= 0.6 is 0 Å². The molecular formula is C19H37NO7. The molecule has 0 aromatic rings. The zero-order chi connectivity index (χ0) is 21.6. The molecule has 0 fully saturated rings. The van der Waals surface area contributed by atoms with E-state index in [-0.39, 0.29) is 13.1 Å². The lowest BCUT2D eigenvalue weighted by molar-refractivity contribution is -0.186. The normalized spacial score (nSPS) is 15.4. The van der Waals surface area contributed by atoms with Gasteiger partial charge in [-0.1, -0.05) is 0 Å². The van der Waals surface area contributed by atoms with Crippen LogP contribution in [-0.2, 0) is 23.8 Å². The Hall–Kier alpha value is -1.22. The Morgan fingerprint density at radius 2 is 1.37 bits per heavy atom. The predicted molar refractivity (Wildman–Crippen MR) is 101 cm³/mol. The maximum absolute atomic E-state index is 12.5. The van der Waals surface area contributed by atoms with Crippen LogP contribution in [0.5, 0.6) is 0 Å². The smallest absolute Gasteiger partial charge is 0.326 e. The second-order valence-electron chi connectivity index (χ2n) is 9.43. The Kier molecular flexibility index (Phi) is 9.37. The van der Waals surface area contributed by atoms with Crippen molar-refractivity contribution in [2.45, 2.75) is 91.4 Å². The van der Waals surface area contributed by atoms with Crippen molar-refractivity contribution in [1.82, 2.24) is 4.90 Å². The highest BCUT2D eigenvalue weighted by Gasteiger charge is 2.34. The molecule has 0 aliphatic carbocycles. The van der Waals surface area contributed by atoms with Crippen molar-refractivity contribution in [1.29, 1.82) is 0 Å². The number of esters is 2. The Labute approximate surface area is 162 Å². The first-order valence-corrected chi connectivity index (χ1v) is 9.09. The van der Waals surface area contributed by atoms with Crippen LogP contribution in [-0.4, -0.2) is 75.9 Å². The van der Waals surface area contributed by atoms with Crippen molar-refractivity contribution in [2.75, 3.05) is 19.7 Å². The number of nitrogens with zero attached hydrogens (tertiary/aromatic N) is 1. The number of ether oxygens (including phenoxy) is 3. The summed E-state index contributed by atoms with van der Waals surface area (Å²) in [6, 6.07) is -1.14. The molecule has 8 nitrogen and oxygen atoms in total. The van der Waals surface area contributed by atoms with Crippen LogP contribution in [0, 0.1) is 0 Å². The molecule has 0 aromatic heterocycles. The number of rotatable bonds is 8. The van der Waals surface area contributed by atoms with E-state index in [0.29, 0.717) is 0 Å². The van der Waals surface area contributed by atoms with Crippen molar-refractivity contribution < 1.29 is 34.0 Å². The molecule has 0 heterocycles. The van der Waals surface area contributed by atoms with E-state index in [4.69, 9.17) is 14.2 Å². The molecule has 2 unspecified atom stereocenters. The van der Waals surface area contributed by atoms with Gasteiger partial charge in [0.05, 0.1) is 25.3 Å². The third-order valence-electron chi connectivity index (χ3n) is 2.93. The van der Waals surface area contributed by atoms with Gasteiger partial charge < -0.3 is 24.4 Å². The number of aliphatic hydroxyl groups is 2. The standard InChI is InChI=1S/C19H37NO7/c1-17(2,3)25-14(22)10-20(11-15(23)26-18(4,5)6)13(12-21)16(24)27-19(7,8)9/h13-14,21-22H,10-12H2,1-9H3. The van der Waals surface area contributed by atoms with Crippen LogP contribution in [0.15, 0.2) is 0 Å². The SMILES string of the molecule is CC(C)(C)OC(=O)CN(CC(O)OC(C)(C)C)C(CO)C(=O)OC(C)(C)C. The molecule has 0 amide bonds. The highest BCUT2D eigenvalue weighted by Crippen LogP contribution is 2.16. The molecule has 0 rings (SSSR count). The minimum absolute atomic E-state index is 0.180. The fourth-order valence-electron chi connectivity index (χ4n) is 2.20. The van der Waals surface area contributed by atoms with Gasteiger partial charge in [-0.05, 0) is 62.3 Å². The summed E-state index contributed by atoms with van der Waals surface area (Å²) in [5.41, 5.74) is -2.09. The molecule has 27 heavy (non-hydrogen) atoms. The third-order valence-corrected chi connectivity index (χ3v) is 2.93. The van der Waals surface area contributed by atoms with E-state index in [0.717, 1.165) is 0 Å². The summed E-state index contributed by atoms with van der Waals surface area (Å²) in [7, 11) is 0. The molecular weight excluding hydrogens is 354 g/mol. The van der Waals surface area contributed by atoms with E-state index in [1.807, 2.05) is 0 Å². The number of hydrogen-bond acceptors (Lipinski definition) is 8. The maximum Gasteiger partial charge on any atom is 0.326 e.